The first kappa shape index (κ1) is 16.3. The van der Waals surface area contributed by atoms with Gasteiger partial charge in [0.1, 0.15) is 18.6 Å². The molecule has 2 heterocycles. The minimum absolute atomic E-state index is 0.317. The molecule has 0 N–H and O–H groups in total. The lowest BCUT2D eigenvalue weighted by atomic mass is 9.93. The Bertz CT molecular complexity index is 366. The molecule has 0 aromatic heterocycles. The summed E-state index contributed by atoms with van der Waals surface area (Å²) in [5, 5.41) is 0. The van der Waals surface area contributed by atoms with Crippen LogP contribution < -0.4 is 0 Å². The SMILES string of the molecule is CCCC[C@@H]1COC(C(C)(C)C2=N[C@H](CCCC)CO2)=N1. The van der Waals surface area contributed by atoms with Gasteiger partial charge in [-0.15, -0.1) is 0 Å². The van der Waals surface area contributed by atoms with Crippen molar-refractivity contribution < 1.29 is 9.47 Å². The molecule has 0 aliphatic carbocycles. The predicted molar refractivity (Wildman–Crippen MR) is 87.2 cm³/mol. The van der Waals surface area contributed by atoms with E-state index < -0.39 is 0 Å². The van der Waals surface area contributed by atoms with E-state index in [9.17, 15) is 0 Å². The monoisotopic (exact) mass is 294 g/mol. The minimum atomic E-state index is -0.331. The third-order valence-electron chi connectivity index (χ3n) is 4.28. The molecule has 0 radical (unpaired) electrons. The lowest BCUT2D eigenvalue weighted by molar-refractivity contribution is 0.260. The molecule has 2 aliphatic rings. The fraction of sp³-hybridized carbons (Fsp3) is 0.882. The van der Waals surface area contributed by atoms with E-state index in [0.717, 1.165) is 24.6 Å². The van der Waals surface area contributed by atoms with Crippen LogP contribution >= 0.6 is 0 Å². The van der Waals surface area contributed by atoms with E-state index in [1.807, 2.05) is 0 Å². The Morgan fingerprint density at radius 2 is 1.33 bits per heavy atom. The zero-order valence-electron chi connectivity index (χ0n) is 14.0. The maximum absolute atomic E-state index is 5.85. The third-order valence-corrected chi connectivity index (χ3v) is 4.28. The third kappa shape index (κ3) is 3.98. The number of ether oxygens (including phenoxy) is 2. The summed E-state index contributed by atoms with van der Waals surface area (Å²) in [6.45, 7) is 10.1. The van der Waals surface area contributed by atoms with Crippen molar-refractivity contribution in [2.75, 3.05) is 13.2 Å². The number of hydrogen-bond acceptors (Lipinski definition) is 4. The van der Waals surface area contributed by atoms with Gasteiger partial charge < -0.3 is 9.47 Å². The Labute approximate surface area is 129 Å². The van der Waals surface area contributed by atoms with Gasteiger partial charge in [-0.3, -0.25) is 0 Å². The molecule has 0 unspecified atom stereocenters. The summed E-state index contributed by atoms with van der Waals surface area (Å²) in [4.78, 5) is 9.53. The molecule has 0 aromatic rings. The predicted octanol–water partition coefficient (Wildman–Crippen LogP) is 3.99. The van der Waals surface area contributed by atoms with Crippen molar-refractivity contribution >= 4 is 11.8 Å². The van der Waals surface area contributed by atoms with Gasteiger partial charge in [0.15, 0.2) is 11.8 Å². The molecule has 0 bridgehead atoms. The standard InChI is InChI=1S/C17H30N2O2/c1-5-7-9-13-11-20-15(18-13)17(3,4)16-19-14(12-21-16)10-8-6-2/h13-14H,5-12H2,1-4H3/t13-,14-/m1/s1. The molecule has 4 heteroatoms. The highest BCUT2D eigenvalue weighted by Gasteiger charge is 2.40. The van der Waals surface area contributed by atoms with Crippen molar-refractivity contribution in [2.24, 2.45) is 15.4 Å². The average molecular weight is 294 g/mol. The normalized spacial score (nSPS) is 25.3. The van der Waals surface area contributed by atoms with Gasteiger partial charge >= 0.3 is 0 Å². The molecular formula is C17H30N2O2. The second kappa shape index (κ2) is 7.28. The smallest absolute Gasteiger partial charge is 0.199 e. The highest BCUT2D eigenvalue weighted by molar-refractivity contribution is 6.05. The van der Waals surface area contributed by atoms with Crippen molar-refractivity contribution in [3.05, 3.63) is 0 Å². The zero-order chi connectivity index (χ0) is 15.3. The van der Waals surface area contributed by atoms with E-state index in [2.05, 4.69) is 27.7 Å². The van der Waals surface area contributed by atoms with Gasteiger partial charge in [0.2, 0.25) is 0 Å². The maximum atomic E-state index is 5.85. The van der Waals surface area contributed by atoms with Gasteiger partial charge in [-0.05, 0) is 26.7 Å². The average Bonchev–Trinajstić information content (AvgIpc) is 3.12. The topological polar surface area (TPSA) is 43.2 Å². The number of unbranched alkanes of at least 4 members (excludes halogenated alkanes) is 2. The molecule has 0 aromatic carbocycles. The highest BCUT2D eigenvalue weighted by atomic mass is 16.5. The Hall–Kier alpha value is -1.06. The van der Waals surface area contributed by atoms with Crippen LogP contribution in [0.25, 0.3) is 0 Å². The summed E-state index contributed by atoms with van der Waals surface area (Å²) in [6.07, 6.45) is 7.06. The fourth-order valence-corrected chi connectivity index (χ4v) is 2.78. The molecule has 0 fully saturated rings. The molecule has 4 nitrogen and oxygen atoms in total. The highest BCUT2D eigenvalue weighted by Crippen LogP contribution is 2.30. The summed E-state index contributed by atoms with van der Waals surface area (Å²) >= 11 is 0. The molecular weight excluding hydrogens is 264 g/mol. The molecule has 2 atom stereocenters. The number of nitrogens with zero attached hydrogens (tertiary/aromatic N) is 2. The van der Waals surface area contributed by atoms with Gasteiger partial charge in [0.25, 0.3) is 0 Å². The van der Waals surface area contributed by atoms with Crippen molar-refractivity contribution in [3.8, 4) is 0 Å². The first-order chi connectivity index (χ1) is 10.1. The van der Waals surface area contributed by atoms with Crippen LogP contribution in [-0.2, 0) is 9.47 Å². The van der Waals surface area contributed by atoms with E-state index in [1.54, 1.807) is 0 Å². The Balaban J connectivity index is 1.98. The summed E-state index contributed by atoms with van der Waals surface area (Å²) < 4.78 is 11.7. The van der Waals surface area contributed by atoms with Crippen molar-refractivity contribution in [3.63, 3.8) is 0 Å². The first-order valence-corrected chi connectivity index (χ1v) is 8.50. The minimum Gasteiger partial charge on any atom is -0.478 e. The molecule has 0 amide bonds. The van der Waals surface area contributed by atoms with Crippen molar-refractivity contribution in [2.45, 2.75) is 78.3 Å². The van der Waals surface area contributed by atoms with Crippen LogP contribution in [0.4, 0.5) is 0 Å². The van der Waals surface area contributed by atoms with E-state index in [1.165, 1.54) is 25.7 Å². The molecule has 2 rings (SSSR count). The molecule has 21 heavy (non-hydrogen) atoms. The van der Waals surface area contributed by atoms with E-state index >= 15 is 0 Å². The molecule has 2 aliphatic heterocycles. The van der Waals surface area contributed by atoms with Gasteiger partial charge in [-0.25, -0.2) is 9.98 Å². The lowest BCUT2D eigenvalue weighted by Gasteiger charge is -2.22. The fourth-order valence-electron chi connectivity index (χ4n) is 2.78. The van der Waals surface area contributed by atoms with Gasteiger partial charge in [0.05, 0.1) is 12.1 Å². The Morgan fingerprint density at radius 1 is 0.905 bits per heavy atom. The maximum Gasteiger partial charge on any atom is 0.199 e. The molecule has 0 spiro atoms. The lowest BCUT2D eigenvalue weighted by Crippen LogP contribution is -2.34. The van der Waals surface area contributed by atoms with Crippen LogP contribution in [0, 0.1) is 5.41 Å². The largest absolute Gasteiger partial charge is 0.478 e. The van der Waals surface area contributed by atoms with Crippen LogP contribution in [0.3, 0.4) is 0 Å². The van der Waals surface area contributed by atoms with E-state index in [4.69, 9.17) is 19.5 Å². The van der Waals surface area contributed by atoms with E-state index in [0.29, 0.717) is 25.3 Å². The molecule has 0 saturated heterocycles. The van der Waals surface area contributed by atoms with Gasteiger partial charge in [-0.1, -0.05) is 39.5 Å². The van der Waals surface area contributed by atoms with Crippen LogP contribution in [0.5, 0.6) is 0 Å². The van der Waals surface area contributed by atoms with Gasteiger partial charge in [0, 0.05) is 0 Å². The molecule has 120 valence electrons. The Morgan fingerprint density at radius 3 is 1.71 bits per heavy atom. The summed E-state index contributed by atoms with van der Waals surface area (Å²) in [6, 6.07) is 0.634. The van der Waals surface area contributed by atoms with Crippen LogP contribution in [0.1, 0.15) is 66.2 Å². The van der Waals surface area contributed by atoms with E-state index in [-0.39, 0.29) is 5.41 Å². The number of rotatable bonds is 8. The summed E-state index contributed by atoms with van der Waals surface area (Å²) in [5.74, 6) is 1.61. The second-order valence-corrected chi connectivity index (χ2v) is 6.71. The van der Waals surface area contributed by atoms with Crippen LogP contribution in [0.15, 0.2) is 9.98 Å². The van der Waals surface area contributed by atoms with Crippen LogP contribution in [0.2, 0.25) is 0 Å². The molecule has 0 saturated carbocycles. The Kier molecular flexibility index (Phi) is 5.65. The second-order valence-electron chi connectivity index (χ2n) is 6.71. The van der Waals surface area contributed by atoms with Crippen LogP contribution in [-0.4, -0.2) is 37.1 Å². The van der Waals surface area contributed by atoms with Crippen molar-refractivity contribution in [1.29, 1.82) is 0 Å². The first-order valence-electron chi connectivity index (χ1n) is 8.50. The summed E-state index contributed by atoms with van der Waals surface area (Å²) in [5.41, 5.74) is -0.331. The summed E-state index contributed by atoms with van der Waals surface area (Å²) in [7, 11) is 0. The van der Waals surface area contributed by atoms with Gasteiger partial charge in [-0.2, -0.15) is 0 Å². The number of aliphatic imine (C=N–C) groups is 2. The zero-order valence-corrected chi connectivity index (χ0v) is 14.0. The van der Waals surface area contributed by atoms with Crippen molar-refractivity contribution in [1.82, 2.24) is 0 Å². The number of hydrogen-bond donors (Lipinski definition) is 0. The quantitative estimate of drug-likeness (QED) is 0.679.